The third kappa shape index (κ3) is 3.78. The molecule has 2 rings (SSSR count). The number of thiocarbonyl (C=S) groups is 1. The maximum Gasteiger partial charge on any atom is 0.327 e. The van der Waals surface area contributed by atoms with Gasteiger partial charge in [0, 0.05) is 0 Å². The maximum absolute atomic E-state index is 12.7. The first-order valence-electron chi connectivity index (χ1n) is 7.66. The number of benzene rings is 1. The first kappa shape index (κ1) is 20.1. The topological polar surface area (TPSA) is 96.3 Å². The molecule has 1 fully saturated rings. The number of hydrogen-bond donors (Lipinski definition) is 2. The van der Waals surface area contributed by atoms with Gasteiger partial charge in [-0.2, -0.15) is 0 Å². The zero-order valence-corrected chi connectivity index (χ0v) is 16.3. The molecule has 1 aromatic carbocycles. The molecule has 1 aliphatic heterocycles. The molecule has 0 aliphatic carbocycles. The predicted octanol–water partition coefficient (Wildman–Crippen LogP) is 2.72. The molecule has 0 unspecified atom stereocenters. The maximum atomic E-state index is 12.7. The summed E-state index contributed by atoms with van der Waals surface area (Å²) in [5, 5.41) is 19.4. The number of carbonyl (C=O) groups is 2. The van der Waals surface area contributed by atoms with Crippen LogP contribution in [0.15, 0.2) is 17.0 Å². The van der Waals surface area contributed by atoms with Crippen LogP contribution in [0.2, 0.25) is 0 Å². The Morgan fingerprint density at radius 1 is 1.27 bits per heavy atom. The van der Waals surface area contributed by atoms with E-state index in [-0.39, 0.29) is 32.4 Å². The average molecular weight is 397 g/mol. The Morgan fingerprint density at radius 2 is 1.81 bits per heavy atom. The van der Waals surface area contributed by atoms with Crippen molar-refractivity contribution in [1.82, 2.24) is 4.90 Å². The summed E-state index contributed by atoms with van der Waals surface area (Å²) in [6.45, 7) is 3.44. The summed E-state index contributed by atoms with van der Waals surface area (Å²) in [6.07, 6.45) is 1.56. The summed E-state index contributed by atoms with van der Waals surface area (Å²) in [5.41, 5.74) is 0.549. The molecule has 0 spiro atoms. The number of ether oxygens (including phenoxy) is 2. The minimum atomic E-state index is -1.11. The highest BCUT2D eigenvalue weighted by atomic mass is 32.2. The molecule has 1 atom stereocenters. The van der Waals surface area contributed by atoms with Crippen LogP contribution in [0, 0.1) is 5.92 Å². The zero-order chi connectivity index (χ0) is 19.6. The predicted molar refractivity (Wildman–Crippen MR) is 102 cm³/mol. The monoisotopic (exact) mass is 397 g/mol. The number of amides is 1. The van der Waals surface area contributed by atoms with Crippen LogP contribution in [0.4, 0.5) is 0 Å². The minimum Gasteiger partial charge on any atom is -0.502 e. The lowest BCUT2D eigenvalue weighted by Gasteiger charge is -2.26. The van der Waals surface area contributed by atoms with Crippen LogP contribution in [-0.2, 0) is 9.59 Å². The molecule has 0 radical (unpaired) electrons. The molecule has 2 N–H and O–H groups in total. The van der Waals surface area contributed by atoms with E-state index >= 15 is 0 Å². The number of carbonyl (C=O) groups excluding carboxylic acids is 1. The van der Waals surface area contributed by atoms with E-state index in [2.05, 4.69) is 0 Å². The normalized spacial score (nSPS) is 17.1. The van der Waals surface area contributed by atoms with Gasteiger partial charge in [0.2, 0.25) is 5.75 Å². The highest BCUT2D eigenvalue weighted by molar-refractivity contribution is 8.26. The van der Waals surface area contributed by atoms with E-state index in [0.29, 0.717) is 5.56 Å². The Hall–Kier alpha value is -2.26. The van der Waals surface area contributed by atoms with Gasteiger partial charge in [0.1, 0.15) is 10.4 Å². The molecule has 26 heavy (non-hydrogen) atoms. The van der Waals surface area contributed by atoms with Crippen LogP contribution in [-0.4, -0.2) is 51.6 Å². The van der Waals surface area contributed by atoms with E-state index in [1.807, 2.05) is 0 Å². The van der Waals surface area contributed by atoms with Gasteiger partial charge in [0.15, 0.2) is 11.5 Å². The molecular formula is C17H19NO6S2. The lowest BCUT2D eigenvalue weighted by molar-refractivity contribution is -0.146. The lowest BCUT2D eigenvalue weighted by Crippen LogP contribution is -2.47. The molecule has 1 amide bonds. The summed E-state index contributed by atoms with van der Waals surface area (Å²) in [5.74, 6) is -1.64. The third-order valence-corrected chi connectivity index (χ3v) is 5.12. The number of phenols is 1. The first-order valence-corrected chi connectivity index (χ1v) is 8.88. The fourth-order valence-corrected chi connectivity index (χ4v) is 3.89. The minimum absolute atomic E-state index is 0.148. The van der Waals surface area contributed by atoms with Crippen molar-refractivity contribution >= 4 is 46.3 Å². The van der Waals surface area contributed by atoms with Gasteiger partial charge < -0.3 is 19.7 Å². The van der Waals surface area contributed by atoms with Crippen LogP contribution in [0.1, 0.15) is 19.4 Å². The molecule has 7 nitrogen and oxygen atoms in total. The van der Waals surface area contributed by atoms with Gasteiger partial charge in [0.05, 0.1) is 19.1 Å². The van der Waals surface area contributed by atoms with E-state index in [9.17, 15) is 19.8 Å². The zero-order valence-electron chi connectivity index (χ0n) is 14.7. The summed E-state index contributed by atoms with van der Waals surface area (Å²) in [7, 11) is 2.80. The Bertz CT molecular complexity index is 764. The quantitative estimate of drug-likeness (QED) is 0.559. The van der Waals surface area contributed by atoms with Crippen LogP contribution < -0.4 is 9.47 Å². The smallest absolute Gasteiger partial charge is 0.327 e. The molecule has 9 heteroatoms. The third-order valence-electron chi connectivity index (χ3n) is 3.79. The van der Waals surface area contributed by atoms with Gasteiger partial charge in [-0.05, 0) is 29.7 Å². The van der Waals surface area contributed by atoms with Crippen molar-refractivity contribution in [2.24, 2.45) is 5.92 Å². The van der Waals surface area contributed by atoms with E-state index in [1.54, 1.807) is 32.1 Å². The highest BCUT2D eigenvalue weighted by Gasteiger charge is 2.41. The van der Waals surface area contributed by atoms with Crippen molar-refractivity contribution in [3.05, 3.63) is 22.6 Å². The highest BCUT2D eigenvalue weighted by Crippen LogP contribution is 2.40. The molecule has 0 saturated carbocycles. The number of carboxylic acid groups (broad SMARTS) is 1. The van der Waals surface area contributed by atoms with Gasteiger partial charge in [-0.1, -0.05) is 37.8 Å². The Balaban J connectivity index is 2.43. The molecule has 1 heterocycles. The Kier molecular flexibility index (Phi) is 6.14. The fraction of sp³-hybridized carbons (Fsp3) is 0.353. The van der Waals surface area contributed by atoms with Crippen molar-refractivity contribution in [2.75, 3.05) is 14.2 Å². The number of nitrogens with zero attached hydrogens (tertiary/aromatic N) is 1. The number of aromatic hydroxyl groups is 1. The first-order chi connectivity index (χ1) is 12.2. The number of rotatable bonds is 6. The number of carboxylic acids is 1. The second-order valence-corrected chi connectivity index (χ2v) is 7.53. The second kappa shape index (κ2) is 7.96. The van der Waals surface area contributed by atoms with Gasteiger partial charge in [-0.15, -0.1) is 0 Å². The molecule has 1 aromatic rings. The van der Waals surface area contributed by atoms with Crippen molar-refractivity contribution in [2.45, 2.75) is 19.9 Å². The van der Waals surface area contributed by atoms with E-state index in [1.165, 1.54) is 14.2 Å². The number of aliphatic carboxylic acids is 1. The second-order valence-electron chi connectivity index (χ2n) is 5.85. The number of hydrogen-bond acceptors (Lipinski definition) is 7. The fourth-order valence-electron chi connectivity index (χ4n) is 2.56. The number of methoxy groups -OCH3 is 2. The Labute approximate surface area is 160 Å². The van der Waals surface area contributed by atoms with E-state index in [4.69, 9.17) is 21.7 Å². The van der Waals surface area contributed by atoms with Crippen molar-refractivity contribution in [3.63, 3.8) is 0 Å². The molecule has 1 aliphatic rings. The molecule has 140 valence electrons. The van der Waals surface area contributed by atoms with E-state index < -0.39 is 17.9 Å². The van der Waals surface area contributed by atoms with Crippen molar-refractivity contribution < 1.29 is 29.3 Å². The summed E-state index contributed by atoms with van der Waals surface area (Å²) < 4.78 is 10.4. The lowest BCUT2D eigenvalue weighted by atomic mass is 10.0. The Morgan fingerprint density at radius 3 is 2.23 bits per heavy atom. The van der Waals surface area contributed by atoms with Crippen molar-refractivity contribution in [1.29, 1.82) is 0 Å². The largest absolute Gasteiger partial charge is 0.502 e. The van der Waals surface area contributed by atoms with Crippen molar-refractivity contribution in [3.8, 4) is 17.2 Å². The average Bonchev–Trinajstić information content (AvgIpc) is 2.83. The van der Waals surface area contributed by atoms with Gasteiger partial charge in [-0.3, -0.25) is 9.69 Å². The van der Waals surface area contributed by atoms with Gasteiger partial charge in [-0.25, -0.2) is 4.79 Å². The molecular weight excluding hydrogens is 378 g/mol. The number of thioether (sulfide) groups is 1. The van der Waals surface area contributed by atoms with E-state index in [0.717, 1.165) is 16.7 Å². The number of phenolic OH excluding ortho intramolecular Hbond substituents is 1. The summed E-state index contributed by atoms with van der Waals surface area (Å²) in [4.78, 5) is 25.7. The molecule has 0 bridgehead atoms. The summed E-state index contributed by atoms with van der Waals surface area (Å²) >= 11 is 6.25. The summed E-state index contributed by atoms with van der Waals surface area (Å²) in [6, 6.07) is 2.06. The van der Waals surface area contributed by atoms with Crippen LogP contribution in [0.25, 0.3) is 6.08 Å². The van der Waals surface area contributed by atoms with Crippen LogP contribution >= 0.6 is 24.0 Å². The molecule has 1 saturated heterocycles. The van der Waals surface area contributed by atoms with Crippen LogP contribution in [0.3, 0.4) is 0 Å². The molecule has 0 aromatic heterocycles. The van der Waals surface area contributed by atoms with Gasteiger partial charge >= 0.3 is 5.97 Å². The standard InChI is InChI=1S/C17H19NO6S2/c1-8(2)13(16(21)22)18-15(20)12(26-17(18)25)7-9-5-10(23-3)14(19)11(6-9)24-4/h5-8,13,19H,1-4H3,(H,21,22)/b12-7-/t13-/m1/s1. The van der Waals surface area contributed by atoms with Gasteiger partial charge in [0.25, 0.3) is 5.91 Å². The SMILES string of the molecule is COc1cc(/C=C2\SC(=S)N([C@@H](C(=O)O)C(C)C)C2=O)cc(OC)c1O. The van der Waals surface area contributed by atoms with Crippen LogP contribution in [0.5, 0.6) is 17.2 Å².